The molecule has 6 nitrogen and oxygen atoms in total. The zero-order valence-corrected chi connectivity index (χ0v) is 17.6. The van der Waals surface area contributed by atoms with Gasteiger partial charge in [-0.15, -0.1) is 0 Å². The van der Waals surface area contributed by atoms with Crippen LogP contribution >= 0.6 is 0 Å². The second kappa shape index (κ2) is 10.00. The Labute approximate surface area is 181 Å². The monoisotopic (exact) mass is 414 g/mol. The van der Waals surface area contributed by atoms with Crippen molar-refractivity contribution in [2.24, 2.45) is 7.05 Å². The summed E-state index contributed by atoms with van der Waals surface area (Å²) in [4.78, 5) is 20.2. The Balaban J connectivity index is 1.35. The number of aryl methyl sites for hydroxylation is 2. The van der Waals surface area contributed by atoms with Crippen molar-refractivity contribution < 1.29 is 4.74 Å². The molecule has 3 heterocycles. The van der Waals surface area contributed by atoms with E-state index in [0.29, 0.717) is 13.2 Å². The topological polar surface area (TPSA) is 69.0 Å². The molecule has 1 N–H and O–H groups in total. The third-order valence-corrected chi connectivity index (χ3v) is 5.39. The lowest BCUT2D eigenvalue weighted by Gasteiger charge is -2.19. The Morgan fingerprint density at radius 2 is 1.87 bits per heavy atom. The molecule has 6 heteroatoms. The average Bonchev–Trinajstić information content (AvgIpc) is 2.82. The first-order valence-corrected chi connectivity index (χ1v) is 10.5. The van der Waals surface area contributed by atoms with E-state index in [2.05, 4.69) is 27.4 Å². The largest absolute Gasteiger partial charge is 0.492 e. The molecule has 0 amide bonds. The molecule has 1 atom stereocenters. The predicted molar refractivity (Wildman–Crippen MR) is 122 cm³/mol. The lowest BCUT2D eigenvalue weighted by atomic mass is 10.0. The van der Waals surface area contributed by atoms with E-state index in [1.54, 1.807) is 30.1 Å². The number of nitrogens with zero attached hydrogens (tertiary/aromatic N) is 3. The molecule has 1 aromatic carbocycles. The van der Waals surface area contributed by atoms with Crippen molar-refractivity contribution in [2.75, 3.05) is 13.2 Å². The van der Waals surface area contributed by atoms with Crippen LogP contribution in [0.5, 0.6) is 5.75 Å². The second-order valence-electron chi connectivity index (χ2n) is 7.49. The number of rotatable bonds is 9. The van der Waals surface area contributed by atoms with Crippen molar-refractivity contribution in [1.82, 2.24) is 19.9 Å². The zero-order chi connectivity index (χ0) is 21.5. The number of hydrogen-bond donors (Lipinski definition) is 1. The first-order chi connectivity index (χ1) is 15.2. The molecule has 0 aliphatic carbocycles. The first kappa shape index (κ1) is 20.8. The molecule has 0 saturated carbocycles. The standard InChI is InChI=1S/C25H26N4O2/c1-29-24-10-8-22(16-20(24)7-11-25(29)30)31-15-14-28-23(21-5-3-13-27-18-21)9-6-19-4-2-12-26-17-19/h2-5,7-8,10-13,16-18,23,28H,6,9,14-15H2,1H3. The van der Waals surface area contributed by atoms with Crippen molar-refractivity contribution in [3.8, 4) is 5.75 Å². The molecule has 31 heavy (non-hydrogen) atoms. The SMILES string of the molecule is Cn1c(=O)ccc2cc(OCCNC(CCc3cccnc3)c3cccnc3)ccc21. The van der Waals surface area contributed by atoms with Crippen LogP contribution in [0.2, 0.25) is 0 Å². The van der Waals surface area contributed by atoms with Gasteiger partial charge in [0.15, 0.2) is 0 Å². The Bertz CT molecular complexity index is 1180. The number of benzene rings is 1. The maximum absolute atomic E-state index is 11.8. The van der Waals surface area contributed by atoms with E-state index in [0.717, 1.165) is 35.1 Å². The fourth-order valence-corrected chi connectivity index (χ4v) is 3.68. The Morgan fingerprint density at radius 1 is 1.03 bits per heavy atom. The summed E-state index contributed by atoms with van der Waals surface area (Å²) in [5.41, 5.74) is 3.26. The molecule has 3 aromatic heterocycles. The molecule has 0 spiro atoms. The van der Waals surface area contributed by atoms with Gasteiger partial charge in [0.2, 0.25) is 0 Å². The van der Waals surface area contributed by atoms with Gasteiger partial charge >= 0.3 is 0 Å². The number of nitrogens with one attached hydrogen (secondary N) is 1. The van der Waals surface area contributed by atoms with E-state index in [9.17, 15) is 4.79 Å². The van der Waals surface area contributed by atoms with Crippen molar-refractivity contribution >= 4 is 10.9 Å². The summed E-state index contributed by atoms with van der Waals surface area (Å²) < 4.78 is 7.60. The quantitative estimate of drug-likeness (QED) is 0.423. The summed E-state index contributed by atoms with van der Waals surface area (Å²) in [5.74, 6) is 0.793. The van der Waals surface area contributed by atoms with Crippen LogP contribution < -0.4 is 15.6 Å². The number of fused-ring (bicyclic) bond motifs is 1. The minimum absolute atomic E-state index is 0.0157. The van der Waals surface area contributed by atoms with E-state index in [-0.39, 0.29) is 11.6 Å². The number of ether oxygens (including phenoxy) is 1. The molecule has 158 valence electrons. The van der Waals surface area contributed by atoms with Gasteiger partial charge in [0.1, 0.15) is 12.4 Å². The van der Waals surface area contributed by atoms with Crippen LogP contribution in [0.4, 0.5) is 0 Å². The highest BCUT2D eigenvalue weighted by atomic mass is 16.5. The number of aromatic nitrogens is 3. The van der Waals surface area contributed by atoms with Crippen molar-refractivity contribution in [1.29, 1.82) is 0 Å². The fourth-order valence-electron chi connectivity index (χ4n) is 3.68. The number of hydrogen-bond acceptors (Lipinski definition) is 5. The van der Waals surface area contributed by atoms with Crippen LogP contribution in [0, 0.1) is 0 Å². The predicted octanol–water partition coefficient (Wildman–Crippen LogP) is 3.67. The van der Waals surface area contributed by atoms with Gasteiger partial charge in [-0.2, -0.15) is 0 Å². The summed E-state index contributed by atoms with van der Waals surface area (Å²) in [7, 11) is 1.78. The normalized spacial score (nSPS) is 12.0. The van der Waals surface area contributed by atoms with Crippen LogP contribution in [-0.2, 0) is 13.5 Å². The Morgan fingerprint density at radius 3 is 2.65 bits per heavy atom. The highest BCUT2D eigenvalue weighted by Crippen LogP contribution is 2.20. The van der Waals surface area contributed by atoms with Crippen LogP contribution in [0.3, 0.4) is 0 Å². The first-order valence-electron chi connectivity index (χ1n) is 10.5. The summed E-state index contributed by atoms with van der Waals surface area (Å²) in [6.07, 6.45) is 9.30. The Kier molecular flexibility index (Phi) is 6.69. The third-order valence-electron chi connectivity index (χ3n) is 5.39. The summed E-state index contributed by atoms with van der Waals surface area (Å²) >= 11 is 0. The molecule has 0 bridgehead atoms. The fraction of sp³-hybridized carbons (Fsp3) is 0.240. The molecule has 0 aliphatic heterocycles. The van der Waals surface area contributed by atoms with Crippen molar-refractivity contribution in [3.63, 3.8) is 0 Å². The highest BCUT2D eigenvalue weighted by molar-refractivity contribution is 5.80. The van der Waals surface area contributed by atoms with Crippen LogP contribution in [-0.4, -0.2) is 27.7 Å². The molecule has 0 saturated heterocycles. The summed E-state index contributed by atoms with van der Waals surface area (Å²) in [6.45, 7) is 1.25. The lowest BCUT2D eigenvalue weighted by Crippen LogP contribution is -2.27. The van der Waals surface area contributed by atoms with E-state index >= 15 is 0 Å². The molecular formula is C25H26N4O2. The van der Waals surface area contributed by atoms with E-state index < -0.39 is 0 Å². The van der Waals surface area contributed by atoms with Crippen molar-refractivity contribution in [2.45, 2.75) is 18.9 Å². The second-order valence-corrected chi connectivity index (χ2v) is 7.49. The number of pyridine rings is 3. The van der Waals surface area contributed by atoms with Gasteiger partial charge < -0.3 is 14.6 Å². The van der Waals surface area contributed by atoms with Gasteiger partial charge in [0, 0.05) is 55.9 Å². The summed E-state index contributed by atoms with van der Waals surface area (Å²) in [6, 6.07) is 17.5. The minimum Gasteiger partial charge on any atom is -0.492 e. The maximum atomic E-state index is 11.8. The van der Waals surface area contributed by atoms with Crippen molar-refractivity contribution in [3.05, 3.63) is 101 Å². The van der Waals surface area contributed by atoms with Gasteiger partial charge in [-0.3, -0.25) is 14.8 Å². The minimum atomic E-state index is -0.0157. The highest BCUT2D eigenvalue weighted by Gasteiger charge is 2.11. The van der Waals surface area contributed by atoms with E-state index in [1.165, 1.54) is 5.56 Å². The zero-order valence-electron chi connectivity index (χ0n) is 17.6. The molecule has 0 aliphatic rings. The van der Waals surface area contributed by atoms with E-state index in [4.69, 9.17) is 4.74 Å². The lowest BCUT2D eigenvalue weighted by molar-refractivity contribution is 0.303. The maximum Gasteiger partial charge on any atom is 0.250 e. The average molecular weight is 415 g/mol. The van der Waals surface area contributed by atoms with Crippen LogP contribution in [0.1, 0.15) is 23.6 Å². The molecule has 0 fully saturated rings. The van der Waals surface area contributed by atoms with Gasteiger partial charge in [-0.1, -0.05) is 12.1 Å². The molecule has 0 radical (unpaired) electrons. The molecule has 4 aromatic rings. The van der Waals surface area contributed by atoms with Gasteiger partial charge in [0.05, 0.1) is 5.52 Å². The van der Waals surface area contributed by atoms with Gasteiger partial charge in [-0.25, -0.2) is 0 Å². The van der Waals surface area contributed by atoms with E-state index in [1.807, 2.05) is 48.8 Å². The van der Waals surface area contributed by atoms with Crippen LogP contribution in [0.15, 0.2) is 84.2 Å². The van der Waals surface area contributed by atoms with Crippen LogP contribution in [0.25, 0.3) is 10.9 Å². The molecule has 4 rings (SSSR count). The smallest absolute Gasteiger partial charge is 0.250 e. The van der Waals surface area contributed by atoms with Gasteiger partial charge in [0.25, 0.3) is 5.56 Å². The third kappa shape index (κ3) is 5.35. The molecular weight excluding hydrogens is 388 g/mol. The Hall–Kier alpha value is -3.51. The summed E-state index contributed by atoms with van der Waals surface area (Å²) in [5, 5.41) is 4.58. The van der Waals surface area contributed by atoms with Gasteiger partial charge in [-0.05, 0) is 60.4 Å². The molecule has 1 unspecified atom stereocenters.